The molecule has 0 bridgehead atoms. The number of rotatable bonds is 4. The monoisotopic (exact) mass is 488 g/mol. The van der Waals surface area contributed by atoms with Gasteiger partial charge >= 0.3 is 167 Å². The van der Waals surface area contributed by atoms with Gasteiger partial charge in [-0.05, 0) is 0 Å². The van der Waals surface area contributed by atoms with E-state index in [1.54, 1.807) is 0 Å². The van der Waals surface area contributed by atoms with Crippen LogP contribution in [0, 0.1) is 7.14 Å². The first-order chi connectivity index (χ1) is 11.8. The quantitative estimate of drug-likeness (QED) is 0.518. The van der Waals surface area contributed by atoms with E-state index in [1.165, 1.54) is 11.1 Å². The fourth-order valence-electron chi connectivity index (χ4n) is 2.44. The molecule has 0 aliphatic rings. The zero-order valence-electron chi connectivity index (χ0n) is 16.6. The summed E-state index contributed by atoms with van der Waals surface area (Å²) in [5, 5.41) is 0. The van der Waals surface area contributed by atoms with E-state index in [0.29, 0.717) is 0 Å². The predicted molar refractivity (Wildman–Crippen MR) is 118 cm³/mol. The Kier molecular flexibility index (Phi) is 6.25. The summed E-state index contributed by atoms with van der Waals surface area (Å²) in [6.45, 7) is 13.0. The molecule has 0 unspecified atom stereocenters. The Balaban J connectivity index is 2.44. The zero-order chi connectivity index (χ0) is 19.8. The van der Waals surface area contributed by atoms with Gasteiger partial charge in [-0.1, -0.05) is 0 Å². The first-order valence-corrected chi connectivity index (χ1v) is 13.4. The summed E-state index contributed by atoms with van der Waals surface area (Å²) < 4.78 is 31.3. The van der Waals surface area contributed by atoms with Gasteiger partial charge in [-0.3, -0.25) is 0 Å². The summed E-state index contributed by atoms with van der Waals surface area (Å²) in [5.41, 5.74) is 2.56. The molecular formula is C21H29IO3S. The van der Waals surface area contributed by atoms with E-state index in [9.17, 15) is 8.42 Å². The minimum absolute atomic E-state index is 0.0591. The van der Waals surface area contributed by atoms with Gasteiger partial charge in [0.25, 0.3) is 0 Å². The normalized spacial score (nSPS) is 13.6. The van der Waals surface area contributed by atoms with Gasteiger partial charge in [-0.15, -0.1) is 0 Å². The van der Waals surface area contributed by atoms with Gasteiger partial charge in [-0.2, -0.15) is 0 Å². The summed E-state index contributed by atoms with van der Waals surface area (Å²) in [6, 6.07) is 16.4. The first kappa shape index (κ1) is 21.4. The third-order valence-corrected chi connectivity index (χ3v) is 11.1. The maximum absolute atomic E-state index is 11.9. The predicted octanol–water partition coefficient (Wildman–Crippen LogP) is 5.72. The van der Waals surface area contributed by atoms with Crippen LogP contribution in [-0.2, 0) is 23.5 Å². The van der Waals surface area contributed by atoms with Crippen LogP contribution in [-0.4, -0.2) is 14.7 Å². The zero-order valence-corrected chi connectivity index (χ0v) is 19.6. The molecule has 26 heavy (non-hydrogen) atoms. The second-order valence-electron chi connectivity index (χ2n) is 8.53. The van der Waals surface area contributed by atoms with Gasteiger partial charge in [0.1, 0.15) is 0 Å². The number of hydrogen-bond acceptors (Lipinski definition) is 3. The van der Waals surface area contributed by atoms with Crippen LogP contribution in [0.25, 0.3) is 0 Å². The Bertz CT molecular complexity index is 783. The van der Waals surface area contributed by atoms with E-state index >= 15 is 0 Å². The topological polar surface area (TPSA) is 43.4 Å². The first-order valence-electron chi connectivity index (χ1n) is 8.58. The summed E-state index contributed by atoms with van der Waals surface area (Å²) in [7, 11) is -3.53. The standard InChI is InChI=1S/C21H29IO3S/c1-20(2,3)16-8-12-18(13-9-16)22(25-26(7,23)24)19-14-10-17(11-15-19)21(4,5)6/h8-15H,1-7H3. The molecule has 144 valence electrons. The van der Waals surface area contributed by atoms with Crippen LogP contribution in [0.4, 0.5) is 0 Å². The fraction of sp³-hybridized carbons (Fsp3) is 0.429. The summed E-state index contributed by atoms with van der Waals surface area (Å²) in [5.74, 6) is 0. The van der Waals surface area contributed by atoms with Crippen LogP contribution in [0.5, 0.6) is 0 Å². The fourth-order valence-corrected chi connectivity index (χ4v) is 8.77. The van der Waals surface area contributed by atoms with Crippen molar-refractivity contribution in [2.75, 3.05) is 6.26 Å². The molecule has 0 aromatic heterocycles. The van der Waals surface area contributed by atoms with Crippen molar-refractivity contribution in [3.8, 4) is 0 Å². The van der Waals surface area contributed by atoms with Crippen molar-refractivity contribution in [2.24, 2.45) is 0 Å². The second kappa shape index (κ2) is 7.60. The number of halogens is 1. The van der Waals surface area contributed by atoms with Gasteiger partial charge < -0.3 is 0 Å². The van der Waals surface area contributed by atoms with Gasteiger partial charge in [0.05, 0.1) is 0 Å². The molecule has 0 atom stereocenters. The molecule has 0 amide bonds. The molecule has 0 spiro atoms. The van der Waals surface area contributed by atoms with E-state index in [2.05, 4.69) is 65.8 Å². The molecular weight excluding hydrogens is 459 g/mol. The van der Waals surface area contributed by atoms with Crippen LogP contribution < -0.4 is 0 Å². The van der Waals surface area contributed by atoms with Gasteiger partial charge in [0, 0.05) is 0 Å². The van der Waals surface area contributed by atoms with Crippen molar-refractivity contribution in [3.05, 3.63) is 66.8 Å². The van der Waals surface area contributed by atoms with Gasteiger partial charge in [0.2, 0.25) is 0 Å². The van der Waals surface area contributed by atoms with Crippen molar-refractivity contribution >= 4 is 30.4 Å². The number of hydrogen-bond donors (Lipinski definition) is 0. The summed E-state index contributed by atoms with van der Waals surface area (Å²) in [4.78, 5) is 0. The second-order valence-corrected chi connectivity index (χ2v) is 15.1. The molecule has 0 radical (unpaired) electrons. The maximum atomic E-state index is 11.9. The van der Waals surface area contributed by atoms with E-state index < -0.39 is 30.4 Å². The molecule has 0 N–H and O–H groups in total. The van der Waals surface area contributed by atoms with Crippen LogP contribution >= 0.6 is 20.2 Å². The van der Waals surface area contributed by atoms with Crippen LogP contribution in [0.1, 0.15) is 52.7 Å². The van der Waals surface area contributed by atoms with E-state index in [-0.39, 0.29) is 10.8 Å². The van der Waals surface area contributed by atoms with Crippen LogP contribution in [0.15, 0.2) is 48.5 Å². The van der Waals surface area contributed by atoms with Crippen molar-refractivity contribution in [1.29, 1.82) is 0 Å². The molecule has 0 aliphatic heterocycles. The molecule has 0 saturated carbocycles. The molecule has 0 fully saturated rings. The van der Waals surface area contributed by atoms with Gasteiger partial charge in [0.15, 0.2) is 0 Å². The Morgan fingerprint density at radius 2 is 1.00 bits per heavy atom. The van der Waals surface area contributed by atoms with Crippen molar-refractivity contribution < 1.29 is 10.9 Å². The van der Waals surface area contributed by atoms with Gasteiger partial charge in [-0.25, -0.2) is 0 Å². The third-order valence-electron chi connectivity index (χ3n) is 3.99. The summed E-state index contributed by atoms with van der Waals surface area (Å²) in [6.07, 6.45) is 1.13. The third kappa shape index (κ3) is 5.79. The average molecular weight is 488 g/mol. The molecule has 2 aromatic rings. The van der Waals surface area contributed by atoms with Crippen molar-refractivity contribution in [2.45, 2.75) is 52.4 Å². The SMILES string of the molecule is CC(C)(C)c1ccc(I(OS(C)(=O)=O)c2ccc(C(C)(C)C)cc2)cc1. The Morgan fingerprint density at radius 1 is 0.692 bits per heavy atom. The molecule has 0 aliphatic carbocycles. The van der Waals surface area contributed by atoms with Crippen molar-refractivity contribution in [3.63, 3.8) is 0 Å². The van der Waals surface area contributed by atoms with E-state index in [1.807, 2.05) is 24.3 Å². The van der Waals surface area contributed by atoms with Crippen LogP contribution in [0.2, 0.25) is 0 Å². The molecule has 2 rings (SSSR count). The van der Waals surface area contributed by atoms with Crippen LogP contribution in [0.3, 0.4) is 0 Å². The van der Waals surface area contributed by atoms with E-state index in [0.717, 1.165) is 13.4 Å². The Hall–Kier alpha value is -0.920. The molecule has 3 nitrogen and oxygen atoms in total. The number of benzene rings is 2. The molecule has 5 heteroatoms. The molecule has 0 heterocycles. The average Bonchev–Trinajstić information content (AvgIpc) is 2.50. The molecule has 0 saturated heterocycles. The van der Waals surface area contributed by atoms with Crippen molar-refractivity contribution in [1.82, 2.24) is 0 Å². The summed E-state index contributed by atoms with van der Waals surface area (Å²) >= 11 is -2.53. The molecule has 2 aromatic carbocycles. The Labute approximate surface area is 166 Å². The Morgan fingerprint density at radius 3 is 1.23 bits per heavy atom. The van der Waals surface area contributed by atoms with E-state index in [4.69, 9.17) is 2.51 Å². The minimum atomic E-state index is -3.53.